The van der Waals surface area contributed by atoms with E-state index in [-0.39, 0.29) is 0 Å². The Hall–Kier alpha value is -1.46. The van der Waals surface area contributed by atoms with Crippen molar-refractivity contribution in [3.05, 3.63) is 30.3 Å². The molecule has 1 aromatic rings. The van der Waals surface area contributed by atoms with Gasteiger partial charge in [0.1, 0.15) is 0 Å². The van der Waals surface area contributed by atoms with Crippen LogP contribution in [-0.2, 0) is 0 Å². The molecule has 0 saturated heterocycles. The maximum absolute atomic E-state index is 8.96. The summed E-state index contributed by atoms with van der Waals surface area (Å²) in [5, 5.41) is 11.7. The summed E-state index contributed by atoms with van der Waals surface area (Å²) in [6.07, 6.45) is 4.05. The summed E-state index contributed by atoms with van der Waals surface area (Å²) >= 11 is 0. The number of hydrogen-bond donors (Lipinski definition) is 2. The summed E-state index contributed by atoms with van der Waals surface area (Å²) in [4.78, 5) is 0. The third kappa shape index (κ3) is 2.32. The summed E-state index contributed by atoms with van der Waals surface area (Å²) in [7, 11) is 0. The monoisotopic (exact) mass is 147 g/mol. The summed E-state index contributed by atoms with van der Waals surface area (Å²) in [6.45, 7) is 0. The van der Waals surface area contributed by atoms with Crippen LogP contribution < -0.4 is 5.32 Å². The van der Waals surface area contributed by atoms with Crippen molar-refractivity contribution in [2.75, 3.05) is 5.32 Å². The van der Waals surface area contributed by atoms with Gasteiger partial charge in [-0.25, -0.2) is 0 Å². The van der Waals surface area contributed by atoms with Crippen molar-refractivity contribution < 1.29 is 5.11 Å². The molecule has 0 heterocycles. The van der Waals surface area contributed by atoms with Crippen molar-refractivity contribution in [3.8, 4) is 12.3 Å². The van der Waals surface area contributed by atoms with Gasteiger partial charge in [0, 0.05) is 5.69 Å². The highest BCUT2D eigenvalue weighted by Crippen LogP contribution is 2.05. The van der Waals surface area contributed by atoms with Crippen LogP contribution in [0.3, 0.4) is 0 Å². The molecule has 0 aliphatic rings. The molecule has 1 unspecified atom stereocenters. The van der Waals surface area contributed by atoms with Crippen LogP contribution in [0.4, 0.5) is 5.69 Å². The molecule has 0 radical (unpaired) electrons. The molecule has 2 N–H and O–H groups in total. The third-order valence-electron chi connectivity index (χ3n) is 1.24. The Bertz CT molecular complexity index is 250. The second-order valence-electron chi connectivity index (χ2n) is 2.08. The molecule has 0 aromatic heterocycles. The van der Waals surface area contributed by atoms with E-state index < -0.39 is 6.23 Å². The van der Waals surface area contributed by atoms with Gasteiger partial charge in [-0.15, -0.1) is 6.42 Å². The highest BCUT2D eigenvalue weighted by Gasteiger charge is 1.95. The van der Waals surface area contributed by atoms with Gasteiger partial charge in [-0.2, -0.15) is 0 Å². The zero-order valence-electron chi connectivity index (χ0n) is 5.99. The van der Waals surface area contributed by atoms with Gasteiger partial charge in [-0.1, -0.05) is 24.1 Å². The minimum atomic E-state index is -0.905. The number of benzene rings is 1. The topological polar surface area (TPSA) is 32.3 Å². The number of aliphatic hydroxyl groups is 1. The summed E-state index contributed by atoms with van der Waals surface area (Å²) in [5.74, 6) is 2.16. The standard InChI is InChI=1S/C9H9NO/c1-2-9(11)10-8-6-4-3-5-7-8/h1,3-7,9-11H. The largest absolute Gasteiger partial charge is 0.363 e. The normalized spacial score (nSPS) is 11.6. The molecule has 1 rings (SSSR count). The number of anilines is 1. The predicted molar refractivity (Wildman–Crippen MR) is 44.9 cm³/mol. The smallest absolute Gasteiger partial charge is 0.188 e. The van der Waals surface area contributed by atoms with Crippen molar-refractivity contribution in [1.29, 1.82) is 0 Å². The molecule has 0 aliphatic carbocycles. The minimum absolute atomic E-state index is 0.818. The van der Waals surface area contributed by atoms with Crippen molar-refractivity contribution >= 4 is 5.69 Å². The molecule has 2 heteroatoms. The van der Waals surface area contributed by atoms with Crippen molar-refractivity contribution in [2.24, 2.45) is 0 Å². The summed E-state index contributed by atoms with van der Waals surface area (Å²) < 4.78 is 0. The molecule has 11 heavy (non-hydrogen) atoms. The lowest BCUT2D eigenvalue weighted by Crippen LogP contribution is -2.15. The van der Waals surface area contributed by atoms with E-state index >= 15 is 0 Å². The van der Waals surface area contributed by atoms with Crippen molar-refractivity contribution in [3.63, 3.8) is 0 Å². The summed E-state index contributed by atoms with van der Waals surface area (Å²) in [5.41, 5.74) is 0.818. The zero-order chi connectivity index (χ0) is 8.10. The van der Waals surface area contributed by atoms with Gasteiger partial charge in [-0.05, 0) is 12.1 Å². The number of hydrogen-bond acceptors (Lipinski definition) is 2. The Morgan fingerprint density at radius 1 is 1.36 bits per heavy atom. The molecular weight excluding hydrogens is 138 g/mol. The minimum Gasteiger partial charge on any atom is -0.363 e. The Kier molecular flexibility index (Phi) is 2.53. The average molecular weight is 147 g/mol. The molecule has 0 amide bonds. The lowest BCUT2D eigenvalue weighted by Gasteiger charge is -2.06. The fraction of sp³-hybridized carbons (Fsp3) is 0.111. The van der Waals surface area contributed by atoms with E-state index in [4.69, 9.17) is 11.5 Å². The molecule has 2 nitrogen and oxygen atoms in total. The average Bonchev–Trinajstić information content (AvgIpc) is 2.06. The van der Waals surface area contributed by atoms with Crippen LogP contribution in [0.15, 0.2) is 30.3 Å². The van der Waals surface area contributed by atoms with Crippen LogP contribution >= 0.6 is 0 Å². The van der Waals surface area contributed by atoms with Crippen LogP contribution in [0.25, 0.3) is 0 Å². The molecule has 1 aromatic carbocycles. The quantitative estimate of drug-likeness (QED) is 0.484. The highest BCUT2D eigenvalue weighted by atomic mass is 16.3. The van der Waals surface area contributed by atoms with E-state index in [0.29, 0.717) is 0 Å². The molecule has 0 spiro atoms. The SMILES string of the molecule is C#CC(O)Nc1ccccc1. The van der Waals surface area contributed by atoms with Crippen LogP contribution in [-0.4, -0.2) is 11.3 Å². The molecule has 56 valence electrons. The second-order valence-corrected chi connectivity index (χ2v) is 2.08. The molecular formula is C9H9NO. The van der Waals surface area contributed by atoms with E-state index in [9.17, 15) is 0 Å². The predicted octanol–water partition coefficient (Wildman–Crippen LogP) is 1.05. The van der Waals surface area contributed by atoms with E-state index in [1.54, 1.807) is 0 Å². The number of para-hydroxylation sites is 1. The first-order chi connectivity index (χ1) is 5.33. The van der Waals surface area contributed by atoms with Gasteiger partial charge in [0.05, 0.1) is 0 Å². The van der Waals surface area contributed by atoms with Gasteiger partial charge >= 0.3 is 0 Å². The lowest BCUT2D eigenvalue weighted by atomic mass is 10.3. The van der Waals surface area contributed by atoms with Crippen LogP contribution in [0.5, 0.6) is 0 Å². The number of nitrogens with one attached hydrogen (secondary N) is 1. The van der Waals surface area contributed by atoms with E-state index in [2.05, 4.69) is 11.2 Å². The Labute approximate surface area is 65.9 Å². The highest BCUT2D eigenvalue weighted by molar-refractivity contribution is 5.44. The van der Waals surface area contributed by atoms with E-state index in [0.717, 1.165) is 5.69 Å². The van der Waals surface area contributed by atoms with Crippen molar-refractivity contribution in [2.45, 2.75) is 6.23 Å². The maximum Gasteiger partial charge on any atom is 0.188 e. The first kappa shape index (κ1) is 7.64. The van der Waals surface area contributed by atoms with Crippen LogP contribution in [0, 0.1) is 12.3 Å². The molecule has 0 saturated carbocycles. The Balaban J connectivity index is 2.60. The molecule has 0 aliphatic heterocycles. The van der Waals surface area contributed by atoms with Crippen LogP contribution in [0.1, 0.15) is 0 Å². The van der Waals surface area contributed by atoms with Gasteiger partial charge in [0.15, 0.2) is 6.23 Å². The Morgan fingerprint density at radius 2 is 2.00 bits per heavy atom. The maximum atomic E-state index is 8.96. The summed E-state index contributed by atoms with van der Waals surface area (Å²) in [6, 6.07) is 9.30. The van der Waals surface area contributed by atoms with Gasteiger partial charge in [-0.3, -0.25) is 0 Å². The third-order valence-corrected chi connectivity index (χ3v) is 1.24. The van der Waals surface area contributed by atoms with Gasteiger partial charge < -0.3 is 10.4 Å². The van der Waals surface area contributed by atoms with Gasteiger partial charge in [0.25, 0.3) is 0 Å². The van der Waals surface area contributed by atoms with Gasteiger partial charge in [0.2, 0.25) is 0 Å². The first-order valence-corrected chi connectivity index (χ1v) is 3.28. The van der Waals surface area contributed by atoms with Crippen LogP contribution in [0.2, 0.25) is 0 Å². The van der Waals surface area contributed by atoms with Crippen molar-refractivity contribution in [1.82, 2.24) is 0 Å². The van der Waals surface area contributed by atoms with E-state index in [1.807, 2.05) is 30.3 Å². The number of rotatable bonds is 2. The number of aliphatic hydroxyl groups excluding tert-OH is 1. The zero-order valence-corrected chi connectivity index (χ0v) is 5.99. The fourth-order valence-electron chi connectivity index (χ4n) is 0.734. The molecule has 0 bridgehead atoms. The Morgan fingerprint density at radius 3 is 2.55 bits per heavy atom. The fourth-order valence-corrected chi connectivity index (χ4v) is 0.734. The van der Waals surface area contributed by atoms with E-state index in [1.165, 1.54) is 0 Å². The molecule has 0 fully saturated rings. The lowest BCUT2D eigenvalue weighted by molar-refractivity contribution is 0.262. The second kappa shape index (κ2) is 3.65. The number of terminal acetylenes is 1. The first-order valence-electron chi connectivity index (χ1n) is 3.28. The molecule has 1 atom stereocenters.